The second-order valence-electron chi connectivity index (χ2n) is 6.24. The van der Waals surface area contributed by atoms with Crippen molar-refractivity contribution in [1.82, 2.24) is 5.32 Å². The first-order valence-electron chi connectivity index (χ1n) is 8.67. The van der Waals surface area contributed by atoms with Crippen LogP contribution in [0.25, 0.3) is 10.8 Å². The van der Waals surface area contributed by atoms with Gasteiger partial charge in [-0.1, -0.05) is 48.5 Å². The molecule has 0 bridgehead atoms. The van der Waals surface area contributed by atoms with E-state index in [-0.39, 0.29) is 11.9 Å². The van der Waals surface area contributed by atoms with Gasteiger partial charge in [-0.2, -0.15) is 0 Å². The summed E-state index contributed by atoms with van der Waals surface area (Å²) in [5.41, 5.74) is 1.01. The molecule has 0 heterocycles. The van der Waals surface area contributed by atoms with E-state index in [0.717, 1.165) is 22.1 Å². The predicted octanol–water partition coefficient (Wildman–Crippen LogP) is 4.49. The van der Waals surface area contributed by atoms with Crippen LogP contribution in [0.1, 0.15) is 25.5 Å². The van der Waals surface area contributed by atoms with Crippen molar-refractivity contribution in [2.75, 3.05) is 7.11 Å². The Labute approximate surface area is 153 Å². The zero-order valence-corrected chi connectivity index (χ0v) is 15.2. The number of ether oxygens (including phenoxy) is 2. The summed E-state index contributed by atoms with van der Waals surface area (Å²) in [5, 5.41) is 5.08. The van der Waals surface area contributed by atoms with E-state index >= 15 is 0 Å². The molecule has 0 spiro atoms. The number of hydrogen-bond acceptors (Lipinski definition) is 3. The standard InChI is InChI=1S/C22H23NO3/c1-15(17-11-13-19(25-3)14-12-17)23-22(24)16(2)26-21-10-6-8-18-7-4-5-9-20(18)21/h4-16H,1-3H3,(H,23,24)/t15-,16-/m1/s1. The Hall–Kier alpha value is -3.01. The van der Waals surface area contributed by atoms with Crippen LogP contribution < -0.4 is 14.8 Å². The van der Waals surface area contributed by atoms with Gasteiger partial charge in [-0.25, -0.2) is 0 Å². The zero-order chi connectivity index (χ0) is 18.5. The van der Waals surface area contributed by atoms with E-state index in [1.807, 2.05) is 73.7 Å². The van der Waals surface area contributed by atoms with Crippen LogP contribution in [0.3, 0.4) is 0 Å². The van der Waals surface area contributed by atoms with Crippen molar-refractivity contribution in [3.05, 3.63) is 72.3 Å². The minimum absolute atomic E-state index is 0.119. The summed E-state index contributed by atoms with van der Waals surface area (Å²) in [6, 6.07) is 21.4. The average molecular weight is 349 g/mol. The first kappa shape index (κ1) is 17.8. The number of benzene rings is 3. The summed E-state index contributed by atoms with van der Waals surface area (Å²) >= 11 is 0. The molecule has 0 saturated heterocycles. The Morgan fingerprint density at radius 3 is 2.35 bits per heavy atom. The van der Waals surface area contributed by atoms with Gasteiger partial charge in [0.2, 0.25) is 0 Å². The van der Waals surface area contributed by atoms with Crippen LogP contribution in [0.5, 0.6) is 11.5 Å². The highest BCUT2D eigenvalue weighted by Gasteiger charge is 2.18. The fraction of sp³-hybridized carbons (Fsp3) is 0.227. The summed E-state index contributed by atoms with van der Waals surface area (Å²) in [5.74, 6) is 1.35. The smallest absolute Gasteiger partial charge is 0.261 e. The molecule has 0 radical (unpaired) electrons. The third kappa shape index (κ3) is 3.97. The normalized spacial score (nSPS) is 13.0. The number of carbonyl (C=O) groups is 1. The van der Waals surface area contributed by atoms with Gasteiger partial charge in [-0.05, 0) is 43.0 Å². The molecule has 0 aliphatic carbocycles. The van der Waals surface area contributed by atoms with Gasteiger partial charge in [0, 0.05) is 5.39 Å². The van der Waals surface area contributed by atoms with Crippen molar-refractivity contribution in [2.45, 2.75) is 26.0 Å². The molecule has 4 nitrogen and oxygen atoms in total. The first-order valence-corrected chi connectivity index (χ1v) is 8.67. The SMILES string of the molecule is COc1ccc([C@@H](C)NC(=O)[C@@H](C)Oc2cccc3ccccc23)cc1. The topological polar surface area (TPSA) is 47.6 Å². The lowest BCUT2D eigenvalue weighted by Gasteiger charge is -2.20. The maximum Gasteiger partial charge on any atom is 0.261 e. The highest BCUT2D eigenvalue weighted by molar-refractivity contribution is 5.89. The van der Waals surface area contributed by atoms with Gasteiger partial charge in [-0.3, -0.25) is 4.79 Å². The molecular weight excluding hydrogens is 326 g/mol. The maximum atomic E-state index is 12.5. The molecule has 0 aliphatic heterocycles. The molecule has 0 aromatic heterocycles. The number of hydrogen-bond donors (Lipinski definition) is 1. The van der Waals surface area contributed by atoms with E-state index in [0.29, 0.717) is 5.75 Å². The van der Waals surface area contributed by atoms with Gasteiger partial charge in [0.15, 0.2) is 6.10 Å². The lowest BCUT2D eigenvalue weighted by molar-refractivity contribution is -0.127. The molecule has 1 N–H and O–H groups in total. The quantitative estimate of drug-likeness (QED) is 0.713. The number of carbonyl (C=O) groups excluding carboxylic acids is 1. The second-order valence-corrected chi connectivity index (χ2v) is 6.24. The minimum Gasteiger partial charge on any atom is -0.497 e. The Balaban J connectivity index is 1.67. The van der Waals surface area contributed by atoms with Crippen LogP contribution in [0, 0.1) is 0 Å². The van der Waals surface area contributed by atoms with Gasteiger partial charge in [-0.15, -0.1) is 0 Å². The molecule has 0 aliphatic rings. The van der Waals surface area contributed by atoms with Crippen molar-refractivity contribution in [3.63, 3.8) is 0 Å². The molecule has 0 fully saturated rings. The predicted molar refractivity (Wildman–Crippen MR) is 104 cm³/mol. The molecule has 3 aromatic rings. The van der Waals surface area contributed by atoms with Crippen molar-refractivity contribution in [2.24, 2.45) is 0 Å². The highest BCUT2D eigenvalue weighted by Crippen LogP contribution is 2.26. The fourth-order valence-corrected chi connectivity index (χ4v) is 2.85. The molecule has 134 valence electrons. The van der Waals surface area contributed by atoms with E-state index in [9.17, 15) is 4.79 Å². The number of nitrogens with one attached hydrogen (secondary N) is 1. The van der Waals surface area contributed by atoms with E-state index < -0.39 is 6.10 Å². The fourth-order valence-electron chi connectivity index (χ4n) is 2.85. The second kappa shape index (κ2) is 7.91. The molecule has 26 heavy (non-hydrogen) atoms. The van der Waals surface area contributed by atoms with E-state index in [2.05, 4.69) is 5.32 Å². The molecule has 2 atom stereocenters. The number of rotatable bonds is 6. The summed E-state index contributed by atoms with van der Waals surface area (Å²) < 4.78 is 11.1. The molecule has 3 rings (SSSR count). The van der Waals surface area contributed by atoms with Gasteiger partial charge in [0.05, 0.1) is 13.2 Å². The van der Waals surface area contributed by atoms with Crippen molar-refractivity contribution in [1.29, 1.82) is 0 Å². The Kier molecular flexibility index (Phi) is 5.42. The monoisotopic (exact) mass is 349 g/mol. The van der Waals surface area contributed by atoms with Crippen molar-refractivity contribution in [3.8, 4) is 11.5 Å². The average Bonchev–Trinajstić information content (AvgIpc) is 2.68. The van der Waals surface area contributed by atoms with Crippen LogP contribution in [0.15, 0.2) is 66.7 Å². The van der Waals surface area contributed by atoms with Crippen LogP contribution in [-0.4, -0.2) is 19.1 Å². The van der Waals surface area contributed by atoms with Gasteiger partial charge < -0.3 is 14.8 Å². The maximum absolute atomic E-state index is 12.5. The van der Waals surface area contributed by atoms with Crippen LogP contribution >= 0.6 is 0 Å². The van der Waals surface area contributed by atoms with E-state index in [1.165, 1.54) is 0 Å². The first-order chi connectivity index (χ1) is 12.6. The van der Waals surface area contributed by atoms with E-state index in [4.69, 9.17) is 9.47 Å². The summed E-state index contributed by atoms with van der Waals surface area (Å²) in [7, 11) is 1.63. The lowest BCUT2D eigenvalue weighted by atomic mass is 10.1. The number of fused-ring (bicyclic) bond motifs is 1. The van der Waals surface area contributed by atoms with Gasteiger partial charge in [0.1, 0.15) is 11.5 Å². The van der Waals surface area contributed by atoms with Crippen LogP contribution in [0.4, 0.5) is 0 Å². The Bertz CT molecular complexity index is 884. The summed E-state index contributed by atoms with van der Waals surface area (Å²) in [6.07, 6.45) is -0.596. The lowest BCUT2D eigenvalue weighted by Crippen LogP contribution is -2.37. The molecule has 1 amide bonds. The summed E-state index contributed by atoms with van der Waals surface area (Å²) in [6.45, 7) is 3.71. The minimum atomic E-state index is -0.596. The molecular formula is C22H23NO3. The molecule has 0 saturated carbocycles. The third-order valence-electron chi connectivity index (χ3n) is 4.40. The largest absolute Gasteiger partial charge is 0.497 e. The molecule has 0 unspecified atom stereocenters. The van der Waals surface area contributed by atoms with Crippen LogP contribution in [-0.2, 0) is 4.79 Å². The van der Waals surface area contributed by atoms with Crippen molar-refractivity contribution < 1.29 is 14.3 Å². The Morgan fingerprint density at radius 1 is 0.923 bits per heavy atom. The van der Waals surface area contributed by atoms with Crippen molar-refractivity contribution >= 4 is 16.7 Å². The summed E-state index contributed by atoms with van der Waals surface area (Å²) in [4.78, 5) is 12.5. The van der Waals surface area contributed by atoms with E-state index in [1.54, 1.807) is 14.0 Å². The number of amides is 1. The molecule has 4 heteroatoms. The molecule has 3 aromatic carbocycles. The Morgan fingerprint density at radius 2 is 1.62 bits per heavy atom. The van der Waals surface area contributed by atoms with Gasteiger partial charge >= 0.3 is 0 Å². The zero-order valence-electron chi connectivity index (χ0n) is 15.2. The highest BCUT2D eigenvalue weighted by atomic mass is 16.5. The van der Waals surface area contributed by atoms with Crippen LogP contribution in [0.2, 0.25) is 0 Å². The number of methoxy groups -OCH3 is 1. The third-order valence-corrected chi connectivity index (χ3v) is 4.40. The van der Waals surface area contributed by atoms with Gasteiger partial charge in [0.25, 0.3) is 5.91 Å².